The Balaban J connectivity index is 1.87. The van der Waals surface area contributed by atoms with Crippen molar-refractivity contribution in [2.75, 3.05) is 5.73 Å². The molecular weight excluding hydrogens is 200 g/mol. The van der Waals surface area contributed by atoms with Gasteiger partial charge in [-0.2, -0.15) is 5.10 Å². The van der Waals surface area contributed by atoms with Gasteiger partial charge < -0.3 is 5.73 Å². The van der Waals surface area contributed by atoms with Gasteiger partial charge in [0, 0.05) is 25.1 Å². The molecule has 0 aliphatic heterocycles. The zero-order chi connectivity index (χ0) is 11.4. The first-order valence-electron chi connectivity index (χ1n) is 5.43. The lowest BCUT2D eigenvalue weighted by atomic mass is 10.1. The van der Waals surface area contributed by atoms with E-state index in [9.17, 15) is 0 Å². The number of aryl methyl sites for hydroxylation is 3. The van der Waals surface area contributed by atoms with Gasteiger partial charge in [0.05, 0.1) is 0 Å². The first kappa shape index (κ1) is 10.7. The number of aromatic nitrogens is 3. The van der Waals surface area contributed by atoms with Gasteiger partial charge in [0.2, 0.25) is 0 Å². The van der Waals surface area contributed by atoms with Gasteiger partial charge in [-0.15, -0.1) is 0 Å². The third-order valence-corrected chi connectivity index (χ3v) is 2.67. The van der Waals surface area contributed by atoms with Crippen molar-refractivity contribution in [3.05, 3.63) is 41.9 Å². The van der Waals surface area contributed by atoms with Gasteiger partial charge in [-0.3, -0.25) is 4.68 Å². The summed E-state index contributed by atoms with van der Waals surface area (Å²) in [5.41, 5.74) is 8.13. The van der Waals surface area contributed by atoms with E-state index in [1.54, 1.807) is 6.20 Å². The number of rotatable bonds is 4. The number of nitrogens with two attached hydrogens (primary N) is 1. The number of hydrogen-bond acceptors (Lipinski definition) is 3. The minimum atomic E-state index is 0.595. The minimum Gasteiger partial charge on any atom is -0.384 e. The molecule has 0 radical (unpaired) electrons. The molecule has 16 heavy (non-hydrogen) atoms. The van der Waals surface area contributed by atoms with Crippen molar-refractivity contribution in [3.8, 4) is 0 Å². The molecule has 4 heteroatoms. The van der Waals surface area contributed by atoms with Crippen molar-refractivity contribution >= 4 is 5.82 Å². The Labute approximate surface area is 95.1 Å². The molecule has 2 aromatic heterocycles. The van der Waals surface area contributed by atoms with Gasteiger partial charge >= 0.3 is 0 Å². The average Bonchev–Trinajstić information content (AvgIpc) is 2.65. The Kier molecular flexibility index (Phi) is 3.19. The molecule has 0 saturated heterocycles. The molecule has 0 saturated carbocycles. The summed E-state index contributed by atoms with van der Waals surface area (Å²) in [6, 6.07) is 6.00. The van der Waals surface area contributed by atoms with Crippen LogP contribution in [0, 0.1) is 0 Å². The Bertz CT molecular complexity index is 462. The van der Waals surface area contributed by atoms with Gasteiger partial charge in [0.25, 0.3) is 0 Å². The second kappa shape index (κ2) is 4.79. The fourth-order valence-electron chi connectivity index (χ4n) is 1.77. The van der Waals surface area contributed by atoms with Crippen molar-refractivity contribution in [2.45, 2.75) is 19.3 Å². The predicted molar refractivity (Wildman–Crippen MR) is 63.9 cm³/mol. The largest absolute Gasteiger partial charge is 0.384 e. The van der Waals surface area contributed by atoms with Crippen LogP contribution in [0.5, 0.6) is 0 Å². The number of hydrogen-bond donors (Lipinski definition) is 1. The number of nitrogen functional groups attached to an aromatic ring is 1. The van der Waals surface area contributed by atoms with E-state index in [0.29, 0.717) is 5.82 Å². The van der Waals surface area contributed by atoms with E-state index < -0.39 is 0 Å². The molecule has 2 rings (SSSR count). The first-order valence-corrected chi connectivity index (χ1v) is 5.43. The van der Waals surface area contributed by atoms with E-state index in [-0.39, 0.29) is 0 Å². The average molecular weight is 216 g/mol. The highest BCUT2D eigenvalue weighted by Gasteiger charge is 1.99. The Morgan fingerprint density at radius 2 is 2.12 bits per heavy atom. The van der Waals surface area contributed by atoms with Crippen LogP contribution in [0.1, 0.15) is 17.7 Å². The molecule has 0 aliphatic rings. The maximum atomic E-state index is 5.62. The van der Waals surface area contributed by atoms with Crippen LogP contribution in [0.2, 0.25) is 0 Å². The maximum absolute atomic E-state index is 5.62. The smallest absolute Gasteiger partial charge is 0.123 e. The van der Waals surface area contributed by atoms with Crippen LogP contribution >= 0.6 is 0 Å². The first-order chi connectivity index (χ1) is 7.75. The molecule has 0 spiro atoms. The van der Waals surface area contributed by atoms with Crippen LogP contribution in [-0.2, 0) is 19.9 Å². The Morgan fingerprint density at radius 1 is 1.25 bits per heavy atom. The van der Waals surface area contributed by atoms with E-state index in [1.807, 2.05) is 30.1 Å². The van der Waals surface area contributed by atoms with E-state index >= 15 is 0 Å². The zero-order valence-electron chi connectivity index (χ0n) is 9.43. The molecule has 84 valence electrons. The standard InChI is InChI=1S/C12H16N4/c1-16-11(6-8-15-16)4-2-3-10-5-7-14-12(13)9-10/h5-9H,2-4H2,1H3,(H2,13,14). The van der Waals surface area contributed by atoms with Crippen LogP contribution in [0.4, 0.5) is 5.82 Å². The highest BCUT2D eigenvalue weighted by molar-refractivity contribution is 5.31. The molecular formula is C12H16N4. The summed E-state index contributed by atoms with van der Waals surface area (Å²) in [6.45, 7) is 0. The number of anilines is 1. The van der Waals surface area contributed by atoms with Crippen LogP contribution in [0.25, 0.3) is 0 Å². The van der Waals surface area contributed by atoms with Gasteiger partial charge in [-0.25, -0.2) is 4.98 Å². The normalized spacial score (nSPS) is 10.6. The van der Waals surface area contributed by atoms with Gasteiger partial charge in [0.1, 0.15) is 5.82 Å². The fourth-order valence-corrected chi connectivity index (χ4v) is 1.77. The third kappa shape index (κ3) is 2.59. The summed E-state index contributed by atoms with van der Waals surface area (Å²) in [6.07, 6.45) is 6.76. The van der Waals surface area contributed by atoms with Gasteiger partial charge in [-0.1, -0.05) is 0 Å². The summed E-state index contributed by atoms with van der Waals surface area (Å²) in [5.74, 6) is 0.595. The molecule has 4 nitrogen and oxygen atoms in total. The molecule has 0 bridgehead atoms. The quantitative estimate of drug-likeness (QED) is 0.844. The van der Waals surface area contributed by atoms with Crippen molar-refractivity contribution in [3.63, 3.8) is 0 Å². The third-order valence-electron chi connectivity index (χ3n) is 2.67. The van der Waals surface area contributed by atoms with Crippen LogP contribution < -0.4 is 5.73 Å². The highest BCUT2D eigenvalue weighted by atomic mass is 15.2. The molecule has 0 fully saturated rings. The Morgan fingerprint density at radius 3 is 2.81 bits per heavy atom. The maximum Gasteiger partial charge on any atom is 0.123 e. The molecule has 0 amide bonds. The molecule has 0 atom stereocenters. The lowest BCUT2D eigenvalue weighted by Gasteiger charge is -2.03. The fraction of sp³-hybridized carbons (Fsp3) is 0.333. The molecule has 2 N–H and O–H groups in total. The van der Waals surface area contributed by atoms with E-state index in [0.717, 1.165) is 19.3 Å². The molecule has 0 unspecified atom stereocenters. The summed E-state index contributed by atoms with van der Waals surface area (Å²) in [7, 11) is 1.97. The zero-order valence-corrected chi connectivity index (χ0v) is 9.43. The van der Waals surface area contributed by atoms with E-state index in [1.165, 1.54) is 11.3 Å². The lowest BCUT2D eigenvalue weighted by molar-refractivity contribution is 0.682. The van der Waals surface area contributed by atoms with Crippen molar-refractivity contribution in [1.82, 2.24) is 14.8 Å². The van der Waals surface area contributed by atoms with Crippen LogP contribution in [-0.4, -0.2) is 14.8 Å². The van der Waals surface area contributed by atoms with E-state index in [2.05, 4.69) is 16.1 Å². The van der Waals surface area contributed by atoms with E-state index in [4.69, 9.17) is 5.73 Å². The second-order valence-electron chi connectivity index (χ2n) is 3.89. The lowest BCUT2D eigenvalue weighted by Crippen LogP contribution is -1.99. The summed E-state index contributed by atoms with van der Waals surface area (Å²) < 4.78 is 1.92. The van der Waals surface area contributed by atoms with Crippen molar-refractivity contribution in [2.24, 2.45) is 7.05 Å². The van der Waals surface area contributed by atoms with Gasteiger partial charge in [-0.05, 0) is 43.0 Å². The van der Waals surface area contributed by atoms with Crippen molar-refractivity contribution < 1.29 is 0 Å². The highest BCUT2D eigenvalue weighted by Crippen LogP contribution is 2.08. The van der Waals surface area contributed by atoms with Crippen LogP contribution in [0.15, 0.2) is 30.6 Å². The number of pyridine rings is 1. The SMILES string of the molecule is Cn1nccc1CCCc1ccnc(N)c1. The summed E-state index contributed by atoms with van der Waals surface area (Å²) in [4.78, 5) is 3.98. The van der Waals surface area contributed by atoms with Crippen molar-refractivity contribution in [1.29, 1.82) is 0 Å². The molecule has 0 aliphatic carbocycles. The predicted octanol–water partition coefficient (Wildman–Crippen LogP) is 1.57. The number of nitrogens with zero attached hydrogens (tertiary/aromatic N) is 3. The topological polar surface area (TPSA) is 56.7 Å². The Hall–Kier alpha value is -1.84. The van der Waals surface area contributed by atoms with Gasteiger partial charge in [0.15, 0.2) is 0 Å². The minimum absolute atomic E-state index is 0.595. The summed E-state index contributed by atoms with van der Waals surface area (Å²) >= 11 is 0. The monoisotopic (exact) mass is 216 g/mol. The molecule has 2 aromatic rings. The summed E-state index contributed by atoms with van der Waals surface area (Å²) in [5, 5.41) is 4.14. The molecule has 0 aromatic carbocycles. The second-order valence-corrected chi connectivity index (χ2v) is 3.89. The molecule has 2 heterocycles. The van der Waals surface area contributed by atoms with Crippen LogP contribution in [0.3, 0.4) is 0 Å².